The summed E-state index contributed by atoms with van der Waals surface area (Å²) in [6, 6.07) is 13.7. The lowest BCUT2D eigenvalue weighted by Gasteiger charge is -2.17. The van der Waals surface area contributed by atoms with Gasteiger partial charge in [0.05, 0.1) is 24.5 Å². The number of benzene rings is 2. The molecule has 30 heavy (non-hydrogen) atoms. The van der Waals surface area contributed by atoms with E-state index in [1.807, 2.05) is 0 Å². The van der Waals surface area contributed by atoms with Crippen molar-refractivity contribution >= 4 is 35.1 Å². The van der Waals surface area contributed by atoms with E-state index in [4.69, 9.17) is 32.7 Å². The topological polar surface area (TPSA) is 65.5 Å². The van der Waals surface area contributed by atoms with Crippen LogP contribution in [-0.4, -0.2) is 30.1 Å². The first-order valence-electron chi connectivity index (χ1n) is 9.35. The Morgan fingerprint density at radius 1 is 0.767 bits per heavy atom. The van der Waals surface area contributed by atoms with Crippen molar-refractivity contribution in [2.24, 2.45) is 0 Å². The molecule has 0 aliphatic carbocycles. The van der Waals surface area contributed by atoms with Gasteiger partial charge in [0.1, 0.15) is 5.56 Å². The third-order valence-corrected chi connectivity index (χ3v) is 4.81. The van der Waals surface area contributed by atoms with Crippen LogP contribution in [-0.2, 0) is 9.47 Å². The molecule has 7 heteroatoms. The summed E-state index contributed by atoms with van der Waals surface area (Å²) in [6.45, 7) is 3.69. The summed E-state index contributed by atoms with van der Waals surface area (Å²) in [6.07, 6.45) is 1.54. The lowest BCUT2D eigenvalue weighted by atomic mass is 9.93. The molecule has 0 aliphatic rings. The van der Waals surface area contributed by atoms with E-state index >= 15 is 0 Å². The number of carbonyl (C=O) groups excluding carboxylic acids is 2. The molecule has 0 atom stereocenters. The number of ether oxygens (including phenoxy) is 2. The van der Waals surface area contributed by atoms with E-state index in [1.54, 1.807) is 68.6 Å². The summed E-state index contributed by atoms with van der Waals surface area (Å²) < 4.78 is 10.5. The number of hydrogen-bond acceptors (Lipinski definition) is 5. The molecule has 1 heterocycles. The molecule has 0 fully saturated rings. The van der Waals surface area contributed by atoms with Crippen molar-refractivity contribution in [3.63, 3.8) is 0 Å². The average molecular weight is 444 g/mol. The van der Waals surface area contributed by atoms with Gasteiger partial charge in [-0.3, -0.25) is 4.98 Å². The van der Waals surface area contributed by atoms with E-state index in [2.05, 4.69) is 4.98 Å². The van der Waals surface area contributed by atoms with Gasteiger partial charge in [-0.25, -0.2) is 9.59 Å². The molecular formula is C23H19Cl2NO4. The van der Waals surface area contributed by atoms with Gasteiger partial charge in [-0.15, -0.1) is 0 Å². The van der Waals surface area contributed by atoms with Gasteiger partial charge in [-0.2, -0.15) is 0 Å². The van der Waals surface area contributed by atoms with E-state index in [1.165, 1.54) is 0 Å². The summed E-state index contributed by atoms with van der Waals surface area (Å²) >= 11 is 12.0. The summed E-state index contributed by atoms with van der Waals surface area (Å²) in [5.74, 6) is -1.29. The number of pyridine rings is 1. The van der Waals surface area contributed by atoms with Crippen molar-refractivity contribution in [1.82, 2.24) is 4.98 Å². The molecule has 0 saturated carbocycles. The van der Waals surface area contributed by atoms with Gasteiger partial charge in [0.2, 0.25) is 0 Å². The van der Waals surface area contributed by atoms with Gasteiger partial charge in [-0.05, 0) is 43.7 Å². The average Bonchev–Trinajstić information content (AvgIpc) is 2.74. The summed E-state index contributed by atoms with van der Waals surface area (Å²) in [4.78, 5) is 30.4. The summed E-state index contributed by atoms with van der Waals surface area (Å²) in [5, 5.41) is 1.09. The van der Waals surface area contributed by atoms with Gasteiger partial charge in [0.25, 0.3) is 0 Å². The molecule has 3 rings (SSSR count). The number of aromatic nitrogens is 1. The Balaban J connectivity index is 2.33. The number of halogens is 2. The first kappa shape index (κ1) is 21.8. The van der Waals surface area contributed by atoms with Crippen molar-refractivity contribution in [3.8, 4) is 22.4 Å². The molecule has 0 radical (unpaired) electrons. The number of esters is 2. The molecule has 0 saturated heterocycles. The molecule has 0 aliphatic heterocycles. The highest BCUT2D eigenvalue weighted by molar-refractivity contribution is 6.31. The predicted molar refractivity (Wildman–Crippen MR) is 117 cm³/mol. The largest absolute Gasteiger partial charge is 0.462 e. The number of carbonyl (C=O) groups is 2. The number of rotatable bonds is 6. The molecule has 0 amide bonds. The molecule has 2 aromatic carbocycles. The molecule has 0 bridgehead atoms. The zero-order valence-corrected chi connectivity index (χ0v) is 18.0. The zero-order valence-electron chi connectivity index (χ0n) is 16.4. The van der Waals surface area contributed by atoms with E-state index in [9.17, 15) is 9.59 Å². The molecule has 3 aromatic rings. The van der Waals surface area contributed by atoms with Gasteiger partial charge in [0, 0.05) is 27.4 Å². The molecule has 154 valence electrons. The van der Waals surface area contributed by atoms with Crippen molar-refractivity contribution < 1.29 is 19.1 Å². The Hall–Kier alpha value is -2.89. The van der Waals surface area contributed by atoms with Crippen LogP contribution in [0.25, 0.3) is 22.4 Å². The monoisotopic (exact) mass is 443 g/mol. The maximum absolute atomic E-state index is 13.0. The Morgan fingerprint density at radius 2 is 1.23 bits per heavy atom. The minimum absolute atomic E-state index is 0.0464. The Bertz CT molecular complexity index is 977. The third-order valence-electron chi connectivity index (χ3n) is 4.31. The Morgan fingerprint density at radius 3 is 1.73 bits per heavy atom. The van der Waals surface area contributed by atoms with Crippen LogP contribution in [0, 0.1) is 0 Å². The normalized spacial score (nSPS) is 10.5. The molecule has 5 nitrogen and oxygen atoms in total. The highest BCUT2D eigenvalue weighted by atomic mass is 35.5. The standard InChI is InChI=1S/C23H19Cl2NO4/c1-3-29-22(27)19-18(14-5-9-16(24)10-6-14)13-26-21(20(19)23(28)30-4-2)15-7-11-17(25)12-8-15/h5-13H,3-4H2,1-2H3. The quantitative estimate of drug-likeness (QED) is 0.432. The zero-order chi connectivity index (χ0) is 21.7. The van der Waals surface area contributed by atoms with Crippen LogP contribution in [0.3, 0.4) is 0 Å². The fourth-order valence-electron chi connectivity index (χ4n) is 3.00. The van der Waals surface area contributed by atoms with Crippen LogP contribution in [0.5, 0.6) is 0 Å². The van der Waals surface area contributed by atoms with Gasteiger partial charge < -0.3 is 9.47 Å². The number of hydrogen-bond donors (Lipinski definition) is 0. The van der Waals surface area contributed by atoms with Crippen LogP contribution < -0.4 is 0 Å². The minimum Gasteiger partial charge on any atom is -0.462 e. The second-order valence-electron chi connectivity index (χ2n) is 6.23. The van der Waals surface area contributed by atoms with Gasteiger partial charge in [0.15, 0.2) is 0 Å². The predicted octanol–water partition coefficient (Wildman–Crippen LogP) is 6.08. The van der Waals surface area contributed by atoms with Crippen LogP contribution in [0.4, 0.5) is 0 Å². The fraction of sp³-hybridized carbons (Fsp3) is 0.174. The first-order valence-corrected chi connectivity index (χ1v) is 10.1. The number of nitrogens with zero attached hydrogens (tertiary/aromatic N) is 1. The van der Waals surface area contributed by atoms with Gasteiger partial charge >= 0.3 is 11.9 Å². The van der Waals surface area contributed by atoms with Crippen molar-refractivity contribution in [2.45, 2.75) is 13.8 Å². The highest BCUT2D eigenvalue weighted by Gasteiger charge is 2.29. The summed E-state index contributed by atoms with van der Waals surface area (Å²) in [7, 11) is 0. The van der Waals surface area contributed by atoms with E-state index < -0.39 is 11.9 Å². The molecule has 0 spiro atoms. The van der Waals surface area contributed by atoms with Crippen molar-refractivity contribution in [2.75, 3.05) is 13.2 Å². The lowest BCUT2D eigenvalue weighted by molar-refractivity contribution is 0.0480. The SMILES string of the molecule is CCOC(=O)c1c(-c2ccc(Cl)cc2)cnc(-c2ccc(Cl)cc2)c1C(=O)OCC. The first-order chi connectivity index (χ1) is 14.5. The second-order valence-corrected chi connectivity index (χ2v) is 7.10. The van der Waals surface area contributed by atoms with Crippen LogP contribution in [0.1, 0.15) is 34.6 Å². The van der Waals surface area contributed by atoms with E-state index in [0.29, 0.717) is 32.4 Å². The maximum Gasteiger partial charge on any atom is 0.341 e. The maximum atomic E-state index is 13.0. The molecule has 0 N–H and O–H groups in total. The molecule has 1 aromatic heterocycles. The summed E-state index contributed by atoms with van der Waals surface area (Å²) in [5.41, 5.74) is 2.19. The van der Waals surface area contributed by atoms with E-state index in [-0.39, 0.29) is 24.3 Å². The van der Waals surface area contributed by atoms with Crippen LogP contribution >= 0.6 is 23.2 Å². The van der Waals surface area contributed by atoms with E-state index in [0.717, 1.165) is 0 Å². The Labute approximate surface area is 184 Å². The van der Waals surface area contributed by atoms with Crippen molar-refractivity contribution in [1.29, 1.82) is 0 Å². The highest BCUT2D eigenvalue weighted by Crippen LogP contribution is 2.34. The lowest BCUT2D eigenvalue weighted by Crippen LogP contribution is -2.18. The van der Waals surface area contributed by atoms with Crippen molar-refractivity contribution in [3.05, 3.63) is 75.9 Å². The van der Waals surface area contributed by atoms with Crippen LogP contribution in [0.2, 0.25) is 10.0 Å². The van der Waals surface area contributed by atoms with Gasteiger partial charge in [-0.1, -0.05) is 47.5 Å². The minimum atomic E-state index is -0.659. The molecule has 0 unspecified atom stereocenters. The fourth-order valence-corrected chi connectivity index (χ4v) is 3.26. The smallest absolute Gasteiger partial charge is 0.341 e. The molecular weight excluding hydrogens is 425 g/mol. The second kappa shape index (κ2) is 9.74. The third kappa shape index (κ3) is 4.64. The Kier molecular flexibility index (Phi) is 7.08. The van der Waals surface area contributed by atoms with Crippen LogP contribution in [0.15, 0.2) is 54.7 Å².